The van der Waals surface area contributed by atoms with E-state index in [1.807, 2.05) is 13.8 Å². The summed E-state index contributed by atoms with van der Waals surface area (Å²) in [5, 5.41) is 5.00. The van der Waals surface area contributed by atoms with Gasteiger partial charge in [0.2, 0.25) is 19.9 Å². The van der Waals surface area contributed by atoms with Gasteiger partial charge in [-0.1, -0.05) is 25.4 Å². The molecule has 27 heteroatoms. The third kappa shape index (κ3) is 17.4. The predicted molar refractivity (Wildman–Crippen MR) is 222 cm³/mol. The second-order valence-corrected chi connectivity index (χ2v) is 29.1. The standard InChI is InChI=1S/C16H21Cl2N4O4P.C14H25O7P.C4H9F3O3SSi/c1-8-11(5-6-27(3,4)24)26-15(12(8)25-9(2)23)22-14-10(7-19-22)13(17)20-16(18)21-14;1-6-18-22(5,17)8-7-12-9(2)13(19-10(3)15)14(21-12)20-11(4)16;1-12(2,3)10-11(8,9)4(5,6)7/h7-8,11-12,15H,5-6H2,1-4H3;9,12-14H,6-8H2,1-5H3;1-3H3/t8-,11-,12?,15-;9-,12-,13?,14?,22?;/m11./s1. The third-order valence-electron chi connectivity index (χ3n) is 8.71. The van der Waals surface area contributed by atoms with Crippen molar-refractivity contribution in [3.05, 3.63) is 16.6 Å². The molecule has 4 unspecified atom stereocenters. The minimum absolute atomic E-state index is 0.0150. The minimum atomic E-state index is -5.39. The number of nitrogens with zero attached hydrogens (tertiary/aromatic N) is 4. The molecule has 2 fully saturated rings. The van der Waals surface area contributed by atoms with Gasteiger partial charge in [0, 0.05) is 51.6 Å². The lowest BCUT2D eigenvalue weighted by Gasteiger charge is -2.21. The molecule has 0 radical (unpaired) electrons. The molecule has 4 rings (SSSR count). The van der Waals surface area contributed by atoms with E-state index in [4.69, 9.17) is 51.4 Å². The molecule has 350 valence electrons. The molecule has 2 aliphatic heterocycles. The van der Waals surface area contributed by atoms with Crippen LogP contribution in [0.2, 0.25) is 30.1 Å². The first-order valence-electron chi connectivity index (χ1n) is 18.8. The molecule has 2 aliphatic rings. The molecule has 61 heavy (non-hydrogen) atoms. The Kier molecular flexibility index (Phi) is 19.9. The number of esters is 3. The van der Waals surface area contributed by atoms with E-state index in [9.17, 15) is 45.1 Å². The molecule has 2 aromatic heterocycles. The Morgan fingerprint density at radius 1 is 0.869 bits per heavy atom. The summed E-state index contributed by atoms with van der Waals surface area (Å²) < 4.78 is 118. The average molecular weight is 994 g/mol. The van der Waals surface area contributed by atoms with E-state index in [0.29, 0.717) is 42.8 Å². The highest BCUT2D eigenvalue weighted by Crippen LogP contribution is 2.46. The largest absolute Gasteiger partial charge is 0.522 e. The number of rotatable bonds is 14. The lowest BCUT2D eigenvalue weighted by molar-refractivity contribution is -0.194. The highest BCUT2D eigenvalue weighted by atomic mass is 35.5. The smallest absolute Gasteiger partial charge is 0.457 e. The van der Waals surface area contributed by atoms with Gasteiger partial charge in [-0.3, -0.25) is 18.9 Å². The zero-order valence-corrected chi connectivity index (χ0v) is 41.0. The van der Waals surface area contributed by atoms with Crippen molar-refractivity contribution in [3.63, 3.8) is 0 Å². The molecule has 18 nitrogen and oxygen atoms in total. The first-order chi connectivity index (χ1) is 27.7. The molecule has 0 spiro atoms. The number of carbonyl (C=O) groups is 3. The number of halogens is 5. The molecule has 2 aromatic rings. The number of alkyl halides is 3. The Hall–Kier alpha value is -2.20. The van der Waals surface area contributed by atoms with Crippen molar-refractivity contribution >= 4 is 85.1 Å². The van der Waals surface area contributed by atoms with Crippen LogP contribution in [0.15, 0.2) is 6.20 Å². The van der Waals surface area contributed by atoms with Gasteiger partial charge in [-0.25, -0.2) is 9.67 Å². The summed E-state index contributed by atoms with van der Waals surface area (Å²) in [6.07, 6.45) is 0.0856. The lowest BCUT2D eigenvalue weighted by atomic mass is 9.98. The van der Waals surface area contributed by atoms with Crippen molar-refractivity contribution in [2.24, 2.45) is 11.8 Å². The maximum absolute atomic E-state index is 12.1. The number of hydrogen-bond acceptors (Lipinski definition) is 17. The van der Waals surface area contributed by atoms with Crippen molar-refractivity contribution < 1.29 is 77.2 Å². The van der Waals surface area contributed by atoms with E-state index in [1.165, 1.54) is 51.3 Å². The fourth-order valence-corrected chi connectivity index (χ4v) is 11.8. The Morgan fingerprint density at radius 2 is 1.38 bits per heavy atom. The van der Waals surface area contributed by atoms with E-state index in [-0.39, 0.29) is 34.5 Å². The van der Waals surface area contributed by atoms with Crippen LogP contribution in [-0.4, -0.2) is 130 Å². The van der Waals surface area contributed by atoms with Gasteiger partial charge >= 0.3 is 33.5 Å². The van der Waals surface area contributed by atoms with E-state index in [2.05, 4.69) is 18.9 Å². The van der Waals surface area contributed by atoms with Crippen molar-refractivity contribution in [1.29, 1.82) is 0 Å². The van der Waals surface area contributed by atoms with Crippen molar-refractivity contribution in [2.45, 2.75) is 116 Å². The predicted octanol–water partition coefficient (Wildman–Crippen LogP) is 7.48. The molecule has 2 saturated heterocycles. The van der Waals surface area contributed by atoms with E-state index < -0.39 is 81.1 Å². The first-order valence-corrected chi connectivity index (χ1v) is 29.5. The monoisotopic (exact) mass is 992 g/mol. The van der Waals surface area contributed by atoms with Crippen molar-refractivity contribution in [3.8, 4) is 0 Å². The summed E-state index contributed by atoms with van der Waals surface area (Å²) in [6, 6.07) is 0. The molecule has 0 amide bonds. The maximum atomic E-state index is 12.1. The van der Waals surface area contributed by atoms with Gasteiger partial charge < -0.3 is 36.6 Å². The molecule has 0 saturated carbocycles. The molecule has 0 aromatic carbocycles. The van der Waals surface area contributed by atoms with Crippen molar-refractivity contribution in [2.75, 3.05) is 38.9 Å². The minimum Gasteiger partial charge on any atom is -0.457 e. The summed E-state index contributed by atoms with van der Waals surface area (Å²) in [7, 11) is -13.0. The van der Waals surface area contributed by atoms with Crippen LogP contribution in [0.3, 0.4) is 0 Å². The first kappa shape index (κ1) is 54.9. The summed E-state index contributed by atoms with van der Waals surface area (Å²) >= 11 is 12.0. The molecule has 4 heterocycles. The van der Waals surface area contributed by atoms with Gasteiger partial charge in [0.1, 0.15) is 5.15 Å². The molecule has 0 N–H and O–H groups in total. The SMILES string of the molecule is CC(=O)OC1[C@H](n2ncc3c(Cl)nc(Cl)nc32)O[C@H](CCP(C)(C)=O)[C@H]1C.CCOP(C)(=O)CC[C@H]1OC(OC(C)=O)C(OC(C)=O)[C@@H]1C.C[Si](C)(C)OS(=O)(=O)C(F)(F)F. The van der Waals surface area contributed by atoms with Crippen LogP contribution in [0.4, 0.5) is 13.2 Å². The third-order valence-corrected chi connectivity index (χ3v) is 15.8. The fraction of sp³-hybridized carbons (Fsp3) is 0.765. The van der Waals surface area contributed by atoms with Gasteiger partial charge in [-0.2, -0.15) is 31.7 Å². The van der Waals surface area contributed by atoms with E-state index in [1.54, 1.807) is 26.9 Å². The van der Waals surface area contributed by atoms with Gasteiger partial charge in [0.05, 0.1) is 37.5 Å². The second kappa shape index (κ2) is 22.1. The number of aromatic nitrogens is 4. The highest BCUT2D eigenvalue weighted by molar-refractivity contribution is 7.88. The number of fused-ring (bicyclic) bond motifs is 1. The molecular weight excluding hydrogens is 938 g/mol. The summed E-state index contributed by atoms with van der Waals surface area (Å²) in [5.41, 5.74) is -4.92. The number of hydrogen-bond donors (Lipinski definition) is 0. The van der Waals surface area contributed by atoms with Crippen LogP contribution in [0.25, 0.3) is 11.0 Å². The van der Waals surface area contributed by atoms with Gasteiger partial charge in [0.25, 0.3) is 0 Å². The zero-order valence-electron chi connectivity index (χ0n) is 35.9. The Bertz CT molecular complexity index is 2060. The molecule has 9 atom stereocenters. The number of ether oxygens (including phenoxy) is 5. The fourth-order valence-electron chi connectivity index (χ4n) is 6.08. The highest BCUT2D eigenvalue weighted by Gasteiger charge is 2.50. The van der Waals surface area contributed by atoms with Gasteiger partial charge in [0.15, 0.2) is 31.5 Å². The van der Waals surface area contributed by atoms with Gasteiger partial charge in [-0.05, 0) is 64.3 Å². The van der Waals surface area contributed by atoms with Crippen LogP contribution >= 0.6 is 37.7 Å². The average Bonchev–Trinajstić information content (AvgIpc) is 3.70. The van der Waals surface area contributed by atoms with Crippen LogP contribution in [-0.2, 0) is 65.7 Å². The lowest BCUT2D eigenvalue weighted by Crippen LogP contribution is -2.36. The summed E-state index contributed by atoms with van der Waals surface area (Å²) in [6.45, 7) is 19.0. The Balaban J connectivity index is 0.000000339. The van der Waals surface area contributed by atoms with E-state index >= 15 is 0 Å². The topological polar surface area (TPSA) is 228 Å². The van der Waals surface area contributed by atoms with Crippen LogP contribution in [0.1, 0.15) is 60.6 Å². The summed E-state index contributed by atoms with van der Waals surface area (Å²) in [4.78, 5) is 42.1. The Labute approximate surface area is 364 Å². The van der Waals surface area contributed by atoms with E-state index in [0.717, 1.165) is 0 Å². The van der Waals surface area contributed by atoms with Crippen LogP contribution in [0, 0.1) is 11.8 Å². The van der Waals surface area contributed by atoms with Crippen LogP contribution < -0.4 is 0 Å². The summed E-state index contributed by atoms with van der Waals surface area (Å²) in [5.74, 6) is -1.67. The normalized spacial score (nSPS) is 25.4. The molecule has 0 bridgehead atoms. The number of carbonyl (C=O) groups excluding carboxylic acids is 3. The Morgan fingerprint density at radius 3 is 1.85 bits per heavy atom. The molecular formula is C34H55Cl2F3N4O14P2SSi. The second-order valence-electron chi connectivity index (χ2n) is 15.8. The van der Waals surface area contributed by atoms with Crippen LogP contribution in [0.5, 0.6) is 0 Å². The zero-order chi connectivity index (χ0) is 47.1. The maximum Gasteiger partial charge on any atom is 0.522 e. The quantitative estimate of drug-likeness (QED) is 0.0340. The van der Waals surface area contributed by atoms with Gasteiger partial charge in [-0.15, -0.1) is 0 Å². The molecule has 0 aliphatic carbocycles. The van der Waals surface area contributed by atoms with Crippen molar-refractivity contribution in [1.82, 2.24) is 19.7 Å².